The van der Waals surface area contributed by atoms with Crippen LogP contribution in [0.25, 0.3) is 32.7 Å². The van der Waals surface area contributed by atoms with Gasteiger partial charge in [-0.1, -0.05) is 42.5 Å². The topological polar surface area (TPSA) is 88.8 Å². The standard InChI is InChI=1S/C22H23NO5S/c1-22(13-24,14-27-29(2,25)26)23-12-19-16-8-4-3-7-15(16)11-18-17-9-5-6-10-20(17)28-21(18)19/h3-11,23-24H,12-14H2,1-2H3. The highest BCUT2D eigenvalue weighted by Crippen LogP contribution is 2.35. The van der Waals surface area contributed by atoms with Crippen molar-refractivity contribution in [3.63, 3.8) is 0 Å². The zero-order valence-corrected chi connectivity index (χ0v) is 17.1. The Hall–Kier alpha value is -2.45. The van der Waals surface area contributed by atoms with E-state index in [4.69, 9.17) is 8.60 Å². The number of fused-ring (bicyclic) bond motifs is 4. The second kappa shape index (κ2) is 7.42. The molecule has 0 amide bonds. The van der Waals surface area contributed by atoms with E-state index in [1.165, 1.54) is 0 Å². The van der Waals surface area contributed by atoms with E-state index in [1.54, 1.807) is 6.92 Å². The average Bonchev–Trinajstić information content (AvgIpc) is 3.07. The molecule has 6 nitrogen and oxygen atoms in total. The fourth-order valence-corrected chi connectivity index (χ4v) is 3.95. The van der Waals surface area contributed by atoms with Gasteiger partial charge in [0.25, 0.3) is 10.1 Å². The maximum Gasteiger partial charge on any atom is 0.264 e. The Kier molecular flexibility index (Phi) is 5.08. The molecule has 0 bridgehead atoms. The Morgan fingerprint density at radius 3 is 2.48 bits per heavy atom. The highest BCUT2D eigenvalue weighted by Gasteiger charge is 2.26. The molecule has 3 aromatic carbocycles. The van der Waals surface area contributed by atoms with E-state index in [0.29, 0.717) is 6.54 Å². The molecular formula is C22H23NO5S. The molecule has 4 aromatic rings. The van der Waals surface area contributed by atoms with Gasteiger partial charge in [-0.3, -0.25) is 4.18 Å². The molecule has 1 heterocycles. The number of aliphatic hydroxyl groups excluding tert-OH is 1. The van der Waals surface area contributed by atoms with E-state index in [2.05, 4.69) is 17.4 Å². The second-order valence-corrected chi connectivity index (χ2v) is 9.23. The van der Waals surface area contributed by atoms with Crippen LogP contribution in [-0.2, 0) is 20.8 Å². The van der Waals surface area contributed by atoms with Crippen LogP contribution in [-0.4, -0.2) is 38.5 Å². The smallest absolute Gasteiger partial charge is 0.264 e. The number of nitrogens with one attached hydrogen (secondary N) is 1. The van der Waals surface area contributed by atoms with Crippen LogP contribution in [0.15, 0.2) is 59.0 Å². The molecule has 0 aliphatic carbocycles. The SMILES string of the molecule is CC(CO)(COS(C)(=O)=O)NCc1c2ccccc2cc2c1oc1ccccc12. The molecule has 2 N–H and O–H groups in total. The van der Waals surface area contributed by atoms with Gasteiger partial charge in [0.2, 0.25) is 0 Å². The largest absolute Gasteiger partial charge is 0.456 e. The molecule has 0 saturated carbocycles. The summed E-state index contributed by atoms with van der Waals surface area (Å²) in [6, 6.07) is 18.1. The molecule has 1 atom stereocenters. The molecule has 1 aromatic heterocycles. The van der Waals surface area contributed by atoms with Crippen LogP contribution in [0.2, 0.25) is 0 Å². The van der Waals surface area contributed by atoms with Crippen molar-refractivity contribution in [2.45, 2.75) is 19.0 Å². The minimum Gasteiger partial charge on any atom is -0.456 e. The monoisotopic (exact) mass is 413 g/mol. The summed E-state index contributed by atoms with van der Waals surface area (Å²) in [5, 5.41) is 17.3. The van der Waals surface area contributed by atoms with E-state index in [9.17, 15) is 13.5 Å². The van der Waals surface area contributed by atoms with E-state index >= 15 is 0 Å². The Morgan fingerprint density at radius 2 is 1.76 bits per heavy atom. The molecule has 0 aliphatic rings. The molecular weight excluding hydrogens is 390 g/mol. The Balaban J connectivity index is 1.79. The van der Waals surface area contributed by atoms with Crippen molar-refractivity contribution in [1.29, 1.82) is 0 Å². The number of rotatable bonds is 7. The van der Waals surface area contributed by atoms with Crippen LogP contribution in [0.1, 0.15) is 12.5 Å². The van der Waals surface area contributed by atoms with Gasteiger partial charge in [-0.15, -0.1) is 0 Å². The summed E-state index contributed by atoms with van der Waals surface area (Å²) in [5.74, 6) is 0. The molecule has 0 radical (unpaired) electrons. The first-order valence-corrected chi connectivity index (χ1v) is 11.1. The van der Waals surface area contributed by atoms with Crippen molar-refractivity contribution >= 4 is 42.8 Å². The third-order valence-electron chi connectivity index (χ3n) is 5.13. The summed E-state index contributed by atoms with van der Waals surface area (Å²) in [5.41, 5.74) is 1.61. The van der Waals surface area contributed by atoms with Crippen molar-refractivity contribution in [3.8, 4) is 0 Å². The van der Waals surface area contributed by atoms with Crippen molar-refractivity contribution in [2.24, 2.45) is 0 Å². The van der Waals surface area contributed by atoms with Crippen LogP contribution < -0.4 is 5.32 Å². The quantitative estimate of drug-likeness (QED) is 0.451. The van der Waals surface area contributed by atoms with Gasteiger partial charge in [-0.05, 0) is 29.8 Å². The lowest BCUT2D eigenvalue weighted by atomic mass is 9.98. The Morgan fingerprint density at radius 1 is 1.07 bits per heavy atom. The average molecular weight is 413 g/mol. The van der Waals surface area contributed by atoms with Gasteiger partial charge >= 0.3 is 0 Å². The zero-order valence-electron chi connectivity index (χ0n) is 16.3. The lowest BCUT2D eigenvalue weighted by Gasteiger charge is -2.28. The molecule has 1 unspecified atom stereocenters. The maximum atomic E-state index is 11.4. The first-order chi connectivity index (χ1) is 13.8. The molecule has 0 fully saturated rings. The first kappa shape index (κ1) is 19.8. The lowest BCUT2D eigenvalue weighted by molar-refractivity contribution is 0.118. The summed E-state index contributed by atoms with van der Waals surface area (Å²) in [4.78, 5) is 0. The minimum atomic E-state index is -3.61. The fourth-order valence-electron chi connectivity index (χ4n) is 3.48. The number of para-hydroxylation sites is 1. The maximum absolute atomic E-state index is 11.4. The minimum absolute atomic E-state index is 0.170. The van der Waals surface area contributed by atoms with Crippen LogP contribution >= 0.6 is 0 Å². The van der Waals surface area contributed by atoms with Crippen LogP contribution in [0.4, 0.5) is 0 Å². The predicted octanol–water partition coefficient (Wildman–Crippen LogP) is 3.56. The molecule has 7 heteroatoms. The summed E-state index contributed by atoms with van der Waals surface area (Å²) >= 11 is 0. The van der Waals surface area contributed by atoms with Gasteiger partial charge in [-0.2, -0.15) is 8.42 Å². The lowest BCUT2D eigenvalue weighted by Crippen LogP contribution is -2.49. The van der Waals surface area contributed by atoms with Crippen LogP contribution in [0.3, 0.4) is 0 Å². The molecule has 29 heavy (non-hydrogen) atoms. The molecule has 0 aliphatic heterocycles. The van der Waals surface area contributed by atoms with Crippen LogP contribution in [0.5, 0.6) is 0 Å². The van der Waals surface area contributed by atoms with Gasteiger partial charge in [0, 0.05) is 22.9 Å². The fraction of sp³-hybridized carbons (Fsp3) is 0.273. The summed E-state index contributed by atoms with van der Waals surface area (Å²) < 4.78 is 33.8. The normalized spacial score (nSPS) is 14.6. The van der Waals surface area contributed by atoms with Gasteiger partial charge in [0.1, 0.15) is 11.2 Å². The Labute approximate surface area is 169 Å². The third kappa shape index (κ3) is 4.00. The number of aliphatic hydroxyl groups is 1. The zero-order chi connectivity index (χ0) is 20.6. The highest BCUT2D eigenvalue weighted by molar-refractivity contribution is 7.85. The number of hydrogen-bond acceptors (Lipinski definition) is 6. The predicted molar refractivity (Wildman–Crippen MR) is 114 cm³/mol. The van der Waals surface area contributed by atoms with Crippen molar-refractivity contribution in [1.82, 2.24) is 5.32 Å². The first-order valence-electron chi connectivity index (χ1n) is 9.32. The number of benzene rings is 3. The number of hydrogen-bond donors (Lipinski definition) is 2. The Bertz CT molecular complexity index is 1290. The summed E-state index contributed by atoms with van der Waals surface area (Å²) in [6.45, 7) is 1.65. The van der Waals surface area contributed by atoms with Crippen molar-refractivity contribution < 1.29 is 22.1 Å². The van der Waals surface area contributed by atoms with E-state index < -0.39 is 15.7 Å². The van der Waals surface area contributed by atoms with Gasteiger partial charge in [-0.25, -0.2) is 0 Å². The van der Waals surface area contributed by atoms with E-state index in [-0.39, 0.29) is 13.2 Å². The third-order valence-corrected chi connectivity index (χ3v) is 5.67. The van der Waals surface area contributed by atoms with Crippen molar-refractivity contribution in [3.05, 3.63) is 60.2 Å². The van der Waals surface area contributed by atoms with Gasteiger partial charge < -0.3 is 14.8 Å². The second-order valence-electron chi connectivity index (χ2n) is 7.59. The molecule has 0 saturated heterocycles. The summed E-state index contributed by atoms with van der Waals surface area (Å²) in [7, 11) is -3.61. The van der Waals surface area contributed by atoms with E-state index in [1.807, 2.05) is 42.5 Å². The molecule has 4 rings (SSSR count). The molecule has 152 valence electrons. The molecule has 0 spiro atoms. The highest BCUT2D eigenvalue weighted by atomic mass is 32.2. The van der Waals surface area contributed by atoms with Gasteiger partial charge in [0.05, 0.1) is 25.0 Å². The summed E-state index contributed by atoms with van der Waals surface area (Å²) in [6.07, 6.45) is 0.993. The van der Waals surface area contributed by atoms with Gasteiger partial charge in [0.15, 0.2) is 0 Å². The van der Waals surface area contributed by atoms with E-state index in [0.717, 1.165) is 44.5 Å². The van der Waals surface area contributed by atoms with Crippen LogP contribution in [0, 0.1) is 0 Å². The van der Waals surface area contributed by atoms with Crippen molar-refractivity contribution in [2.75, 3.05) is 19.5 Å². The number of furan rings is 1.